The number of sulfonamides is 1. The van der Waals surface area contributed by atoms with Crippen molar-refractivity contribution in [1.82, 2.24) is 14.6 Å². The number of hydrogen-bond donors (Lipinski definition) is 1. The van der Waals surface area contributed by atoms with Gasteiger partial charge >= 0.3 is 11.8 Å². The van der Waals surface area contributed by atoms with Crippen LogP contribution in [0.5, 0.6) is 0 Å². The van der Waals surface area contributed by atoms with E-state index in [9.17, 15) is 18.0 Å². The van der Waals surface area contributed by atoms with E-state index < -0.39 is 21.8 Å². The highest BCUT2D eigenvalue weighted by Gasteiger charge is 2.26. The van der Waals surface area contributed by atoms with Crippen molar-refractivity contribution in [3.63, 3.8) is 0 Å². The molecule has 3 aromatic rings. The number of nitrogens with zero attached hydrogens (tertiary/aromatic N) is 3. The monoisotopic (exact) mass is 598 g/mol. The number of carbonyl (C=O) groups is 2. The smallest absolute Gasteiger partial charge is 0.329 e. The normalized spacial score (nSPS) is 11.7. The molecule has 0 saturated carbocycles. The third kappa shape index (κ3) is 7.58. The lowest BCUT2D eigenvalue weighted by Crippen LogP contribution is -2.41. The van der Waals surface area contributed by atoms with Gasteiger partial charge in [0.25, 0.3) is 0 Å². The summed E-state index contributed by atoms with van der Waals surface area (Å²) in [4.78, 5) is 25.4. The molecule has 3 rings (SSSR count). The predicted octanol–water partition coefficient (Wildman–Crippen LogP) is 4.95. The Kier molecular flexibility index (Phi) is 10.3. The third-order valence-corrected chi connectivity index (χ3v) is 8.21. The molecule has 2 aromatic carbocycles. The second-order valence-electron chi connectivity index (χ2n) is 7.96. The van der Waals surface area contributed by atoms with Crippen LogP contribution in [0.4, 0.5) is 0 Å². The van der Waals surface area contributed by atoms with Crippen LogP contribution in [0.3, 0.4) is 0 Å². The van der Waals surface area contributed by atoms with Crippen molar-refractivity contribution in [1.29, 1.82) is 0 Å². The van der Waals surface area contributed by atoms with Crippen molar-refractivity contribution in [2.75, 3.05) is 13.1 Å². The molecule has 0 bridgehead atoms. The standard InChI is InChI=1S/C25H25Cl3N4O5S/c1-3-31(4-2)25(34)24(33)30-29-14-19-8-9-20(37-19)16-32(15-17-5-12-22(27)23(28)13-17)38(35,36)21-10-6-18(26)7-11-21/h5-14H,3-4,15-16H2,1-2H3,(H,30,33)/b29-14+. The van der Waals surface area contributed by atoms with Gasteiger partial charge in [0.1, 0.15) is 11.5 Å². The first kappa shape index (κ1) is 29.7. The van der Waals surface area contributed by atoms with Crippen LogP contribution in [0.1, 0.15) is 30.9 Å². The lowest BCUT2D eigenvalue weighted by Gasteiger charge is -2.22. The molecule has 202 valence electrons. The zero-order valence-electron chi connectivity index (χ0n) is 20.5. The largest absolute Gasteiger partial charge is 0.459 e. The van der Waals surface area contributed by atoms with Crippen molar-refractivity contribution in [2.45, 2.75) is 31.8 Å². The number of hydrazone groups is 1. The molecule has 0 aliphatic heterocycles. The maximum atomic E-state index is 13.5. The van der Waals surface area contributed by atoms with E-state index in [1.165, 1.54) is 39.7 Å². The SMILES string of the molecule is CCN(CC)C(=O)C(=O)N/N=C/c1ccc(CN(Cc2ccc(Cl)c(Cl)c2)S(=O)(=O)c2ccc(Cl)cc2)o1. The molecule has 0 unspecified atom stereocenters. The summed E-state index contributed by atoms with van der Waals surface area (Å²) in [6.45, 7) is 4.18. The van der Waals surface area contributed by atoms with Crippen molar-refractivity contribution >= 4 is 62.9 Å². The maximum Gasteiger partial charge on any atom is 0.329 e. The molecular weight excluding hydrogens is 575 g/mol. The summed E-state index contributed by atoms with van der Waals surface area (Å²) in [5, 5.41) is 4.81. The van der Waals surface area contributed by atoms with Gasteiger partial charge < -0.3 is 9.32 Å². The summed E-state index contributed by atoms with van der Waals surface area (Å²) in [5.41, 5.74) is 2.78. The summed E-state index contributed by atoms with van der Waals surface area (Å²) in [6, 6.07) is 13.8. The van der Waals surface area contributed by atoms with Gasteiger partial charge in [-0.1, -0.05) is 40.9 Å². The number of carbonyl (C=O) groups excluding carboxylic acids is 2. The van der Waals surface area contributed by atoms with Crippen molar-refractivity contribution in [2.24, 2.45) is 5.10 Å². The Morgan fingerprint density at radius 2 is 1.63 bits per heavy atom. The molecule has 38 heavy (non-hydrogen) atoms. The maximum absolute atomic E-state index is 13.5. The highest BCUT2D eigenvalue weighted by Crippen LogP contribution is 2.27. The first-order valence-electron chi connectivity index (χ1n) is 11.5. The van der Waals surface area contributed by atoms with E-state index in [1.54, 1.807) is 44.2 Å². The van der Waals surface area contributed by atoms with Crippen LogP contribution in [0.25, 0.3) is 0 Å². The Hall–Kier alpha value is -2.89. The van der Waals surface area contributed by atoms with Gasteiger partial charge in [0.05, 0.1) is 27.7 Å². The van der Waals surface area contributed by atoms with Crippen molar-refractivity contribution in [3.8, 4) is 0 Å². The third-order valence-electron chi connectivity index (χ3n) is 5.41. The zero-order chi connectivity index (χ0) is 27.9. The number of furan rings is 1. The molecule has 0 fully saturated rings. The van der Waals surface area contributed by atoms with Crippen LogP contribution in [0.15, 0.2) is 69.0 Å². The van der Waals surface area contributed by atoms with Gasteiger partial charge in [-0.15, -0.1) is 0 Å². The average molecular weight is 600 g/mol. The molecular formula is C25H25Cl3N4O5S. The minimum absolute atomic E-state index is 0.0184. The van der Waals surface area contributed by atoms with Gasteiger partial charge in [-0.05, 0) is 67.9 Å². The fourth-order valence-electron chi connectivity index (χ4n) is 3.40. The van der Waals surface area contributed by atoms with E-state index in [-0.39, 0.29) is 23.7 Å². The van der Waals surface area contributed by atoms with E-state index in [0.29, 0.717) is 39.5 Å². The number of amides is 2. The second-order valence-corrected chi connectivity index (χ2v) is 11.1. The molecule has 1 aromatic heterocycles. The molecule has 9 nitrogen and oxygen atoms in total. The fourth-order valence-corrected chi connectivity index (χ4v) is 5.24. The molecule has 1 N–H and O–H groups in total. The van der Waals surface area contributed by atoms with Crippen LogP contribution in [0, 0.1) is 0 Å². The number of hydrogen-bond acceptors (Lipinski definition) is 6. The summed E-state index contributed by atoms with van der Waals surface area (Å²) < 4.78 is 33.9. The average Bonchev–Trinajstić information content (AvgIpc) is 3.33. The highest BCUT2D eigenvalue weighted by molar-refractivity contribution is 7.89. The van der Waals surface area contributed by atoms with Gasteiger partial charge in [0, 0.05) is 24.7 Å². The minimum atomic E-state index is -3.97. The van der Waals surface area contributed by atoms with E-state index in [2.05, 4.69) is 10.5 Å². The van der Waals surface area contributed by atoms with Crippen molar-refractivity contribution in [3.05, 3.63) is 86.7 Å². The van der Waals surface area contributed by atoms with Crippen LogP contribution in [-0.4, -0.2) is 48.7 Å². The van der Waals surface area contributed by atoms with Gasteiger partial charge in [-0.2, -0.15) is 9.41 Å². The van der Waals surface area contributed by atoms with Gasteiger partial charge in [-0.3, -0.25) is 9.59 Å². The summed E-state index contributed by atoms with van der Waals surface area (Å²) in [6.07, 6.45) is 1.22. The summed E-state index contributed by atoms with van der Waals surface area (Å²) >= 11 is 18.1. The second kappa shape index (κ2) is 13.3. The lowest BCUT2D eigenvalue weighted by atomic mass is 10.2. The van der Waals surface area contributed by atoms with Crippen LogP contribution >= 0.6 is 34.8 Å². The Bertz CT molecular complexity index is 1420. The molecule has 13 heteroatoms. The van der Waals surface area contributed by atoms with Crippen LogP contribution in [0.2, 0.25) is 15.1 Å². The van der Waals surface area contributed by atoms with Crippen LogP contribution in [-0.2, 0) is 32.7 Å². The Labute approximate surface area is 236 Å². The minimum Gasteiger partial charge on any atom is -0.459 e. The number of nitrogens with one attached hydrogen (secondary N) is 1. The molecule has 0 atom stereocenters. The topological polar surface area (TPSA) is 112 Å². The van der Waals surface area contributed by atoms with Crippen molar-refractivity contribution < 1.29 is 22.4 Å². The number of likely N-dealkylation sites (N-methyl/N-ethyl adjacent to an activating group) is 1. The fraction of sp³-hybridized carbons (Fsp3) is 0.240. The van der Waals surface area contributed by atoms with E-state index in [0.717, 1.165) is 0 Å². The Morgan fingerprint density at radius 1 is 0.947 bits per heavy atom. The summed E-state index contributed by atoms with van der Waals surface area (Å²) in [5.74, 6) is -1.01. The molecule has 0 saturated heterocycles. The van der Waals surface area contributed by atoms with E-state index >= 15 is 0 Å². The molecule has 0 aliphatic rings. The zero-order valence-corrected chi connectivity index (χ0v) is 23.6. The Morgan fingerprint density at radius 3 is 2.26 bits per heavy atom. The predicted molar refractivity (Wildman–Crippen MR) is 147 cm³/mol. The first-order chi connectivity index (χ1) is 18.0. The lowest BCUT2D eigenvalue weighted by molar-refractivity contribution is -0.145. The van der Waals surface area contributed by atoms with Gasteiger partial charge in [-0.25, -0.2) is 13.8 Å². The number of halogens is 3. The highest BCUT2D eigenvalue weighted by atomic mass is 35.5. The van der Waals surface area contributed by atoms with E-state index in [1.807, 2.05) is 0 Å². The number of benzene rings is 2. The van der Waals surface area contributed by atoms with Crippen LogP contribution < -0.4 is 5.43 Å². The number of rotatable bonds is 10. The molecule has 0 radical (unpaired) electrons. The summed E-state index contributed by atoms with van der Waals surface area (Å²) in [7, 11) is -3.97. The molecule has 0 aliphatic carbocycles. The molecule has 1 heterocycles. The first-order valence-corrected chi connectivity index (χ1v) is 14.0. The quantitative estimate of drug-likeness (QED) is 0.201. The van der Waals surface area contributed by atoms with Gasteiger partial charge in [0.2, 0.25) is 10.0 Å². The van der Waals surface area contributed by atoms with Gasteiger partial charge in [0.15, 0.2) is 0 Å². The molecule has 0 spiro atoms. The van der Waals surface area contributed by atoms with E-state index in [4.69, 9.17) is 39.2 Å². The molecule has 2 amide bonds. The Balaban J connectivity index is 1.79.